The second-order valence-electron chi connectivity index (χ2n) is 36.4. The summed E-state index contributed by atoms with van der Waals surface area (Å²) >= 11 is 0. The largest absolute Gasteiger partial charge is 0.465 e. The van der Waals surface area contributed by atoms with Crippen LogP contribution in [0.3, 0.4) is 0 Å². The quantitative estimate of drug-likeness (QED) is 0.0346. The van der Waals surface area contributed by atoms with Crippen molar-refractivity contribution in [3.63, 3.8) is 0 Å². The Morgan fingerprint density at radius 3 is 0.308 bits per heavy atom. The molecular weight excluding hydrogens is 1300 g/mol. The standard InChI is InChI=1S/C104H206O3/c1-3-4-5-6-7-8-9-10-11-12-13-14-15-16-17-18-19-20-21-22-23-24-25-26-27-28-29-30-31-32-33-34-35-36-37-38-39-40-41-42-43-44-45-46-47-48-49-50-51-52-53-54-55-56-57-58-59-60-61-62-63-64-65-66-67-68-69-70-71-72-73-74-75-76-77-78-79-80-81-82-83-84-85-86-87-88-89-90-91-92-93-94-95-96-97-98-99-100-101-107-104(106)102-103(2)105/h3-102H2,1-2H3. The molecule has 640 valence electrons. The van der Waals surface area contributed by atoms with Gasteiger partial charge in [0.05, 0.1) is 6.61 Å². The predicted molar refractivity (Wildman–Crippen MR) is 484 cm³/mol. The lowest BCUT2D eigenvalue weighted by molar-refractivity contribution is -0.145. The second kappa shape index (κ2) is 101. The van der Waals surface area contributed by atoms with E-state index in [9.17, 15) is 9.59 Å². The van der Waals surface area contributed by atoms with Crippen molar-refractivity contribution in [1.29, 1.82) is 0 Å². The first-order valence-corrected chi connectivity index (χ1v) is 51.8. The normalized spacial score (nSPS) is 11.7. The number of carbonyl (C=O) groups excluding carboxylic acids is 2. The van der Waals surface area contributed by atoms with Crippen LogP contribution in [0, 0.1) is 0 Å². The summed E-state index contributed by atoms with van der Waals surface area (Å²) in [6, 6.07) is 0. The van der Waals surface area contributed by atoms with Gasteiger partial charge in [0.15, 0.2) is 0 Å². The molecule has 0 unspecified atom stereocenters. The van der Waals surface area contributed by atoms with Crippen LogP contribution >= 0.6 is 0 Å². The van der Waals surface area contributed by atoms with Gasteiger partial charge >= 0.3 is 5.97 Å². The van der Waals surface area contributed by atoms with Crippen molar-refractivity contribution in [2.24, 2.45) is 0 Å². The molecule has 0 aliphatic rings. The minimum atomic E-state index is -0.373. The number of carbonyl (C=O) groups is 2. The maximum Gasteiger partial charge on any atom is 0.313 e. The molecule has 3 heteroatoms. The number of ether oxygens (including phenoxy) is 1. The number of hydrogen-bond acceptors (Lipinski definition) is 3. The second-order valence-corrected chi connectivity index (χ2v) is 36.4. The molecule has 0 spiro atoms. The van der Waals surface area contributed by atoms with E-state index in [4.69, 9.17) is 4.74 Å². The molecule has 0 bridgehead atoms. The van der Waals surface area contributed by atoms with E-state index < -0.39 is 0 Å². The zero-order valence-corrected chi connectivity index (χ0v) is 74.9. The summed E-state index contributed by atoms with van der Waals surface area (Å²) in [6.07, 6.45) is 144. The molecule has 0 radical (unpaired) electrons. The van der Waals surface area contributed by atoms with E-state index in [0.717, 1.165) is 12.8 Å². The van der Waals surface area contributed by atoms with Gasteiger partial charge in [0.2, 0.25) is 0 Å². The summed E-state index contributed by atoms with van der Waals surface area (Å²) in [5.41, 5.74) is 0. The first-order chi connectivity index (χ1) is 53.2. The highest BCUT2D eigenvalue weighted by molar-refractivity contribution is 5.94. The molecule has 0 atom stereocenters. The average molecular weight is 1500 g/mol. The lowest BCUT2D eigenvalue weighted by atomic mass is 10.0. The summed E-state index contributed by atoms with van der Waals surface area (Å²) < 4.78 is 5.10. The molecule has 3 nitrogen and oxygen atoms in total. The maximum absolute atomic E-state index is 11.4. The van der Waals surface area contributed by atoms with E-state index in [-0.39, 0.29) is 18.2 Å². The molecular formula is C104H206O3. The first-order valence-electron chi connectivity index (χ1n) is 51.8. The van der Waals surface area contributed by atoms with Crippen molar-refractivity contribution in [3.05, 3.63) is 0 Å². The Labute approximate surface area is 678 Å². The number of esters is 1. The minimum absolute atomic E-state index is 0.0834. The van der Waals surface area contributed by atoms with Crippen molar-refractivity contribution >= 4 is 11.8 Å². The molecule has 0 fully saturated rings. The highest BCUT2D eigenvalue weighted by Gasteiger charge is 2.07. The maximum atomic E-state index is 11.4. The molecule has 0 aliphatic carbocycles. The lowest BCUT2D eigenvalue weighted by Gasteiger charge is -2.05. The van der Waals surface area contributed by atoms with Gasteiger partial charge in [-0.25, -0.2) is 0 Å². The van der Waals surface area contributed by atoms with Crippen molar-refractivity contribution in [2.45, 2.75) is 650 Å². The minimum Gasteiger partial charge on any atom is -0.465 e. The highest BCUT2D eigenvalue weighted by Crippen LogP contribution is 2.24. The molecule has 0 saturated carbocycles. The van der Waals surface area contributed by atoms with Gasteiger partial charge in [0.25, 0.3) is 0 Å². The fourth-order valence-corrected chi connectivity index (χ4v) is 17.6. The van der Waals surface area contributed by atoms with Gasteiger partial charge in [0.1, 0.15) is 12.2 Å². The Balaban J connectivity index is 3.10. The van der Waals surface area contributed by atoms with Crippen LogP contribution in [0.15, 0.2) is 0 Å². The van der Waals surface area contributed by atoms with Crippen molar-refractivity contribution < 1.29 is 14.3 Å². The molecule has 0 N–H and O–H groups in total. The van der Waals surface area contributed by atoms with Gasteiger partial charge in [-0.05, 0) is 13.3 Å². The van der Waals surface area contributed by atoms with Crippen LogP contribution in [0.25, 0.3) is 0 Å². The van der Waals surface area contributed by atoms with Crippen LogP contribution in [0.1, 0.15) is 650 Å². The molecule has 0 heterocycles. The van der Waals surface area contributed by atoms with Crippen LogP contribution in [-0.2, 0) is 14.3 Å². The van der Waals surface area contributed by atoms with Crippen LogP contribution in [0.5, 0.6) is 0 Å². The molecule has 0 aromatic carbocycles. The molecule has 0 aromatic rings. The van der Waals surface area contributed by atoms with Crippen molar-refractivity contribution in [1.82, 2.24) is 0 Å². The Kier molecular flexibility index (Phi) is 100. The third-order valence-electron chi connectivity index (χ3n) is 25.2. The molecule has 0 aliphatic heterocycles. The molecule has 0 aromatic heterocycles. The van der Waals surface area contributed by atoms with Gasteiger partial charge in [-0.3, -0.25) is 9.59 Å². The summed E-state index contributed by atoms with van der Waals surface area (Å²) in [5, 5.41) is 0. The fraction of sp³-hybridized carbons (Fsp3) is 0.981. The summed E-state index contributed by atoms with van der Waals surface area (Å²) in [7, 11) is 0. The van der Waals surface area contributed by atoms with E-state index in [1.54, 1.807) is 0 Å². The van der Waals surface area contributed by atoms with Crippen LogP contribution in [0.4, 0.5) is 0 Å². The number of Topliss-reactive ketones (excluding diaryl/α,β-unsaturated/α-hetero) is 1. The SMILES string of the molecule is CCCCCCCCCCCCCCCCCCCCCCCCCCCCCCCCCCCCCCCCCCCCCCCCCCCCCCCCCCCCCCCCCCCCCCCCCCCCCCCCCCCCCCCCCCCCCCCCCCCCOC(=O)CC(C)=O. The Hall–Kier alpha value is -0.860. The van der Waals surface area contributed by atoms with Crippen LogP contribution in [-0.4, -0.2) is 18.4 Å². The third kappa shape index (κ3) is 103. The highest BCUT2D eigenvalue weighted by atomic mass is 16.5. The van der Waals surface area contributed by atoms with E-state index in [2.05, 4.69) is 6.92 Å². The lowest BCUT2D eigenvalue weighted by Crippen LogP contribution is -2.09. The topological polar surface area (TPSA) is 43.4 Å². The molecule has 0 saturated heterocycles. The number of unbranched alkanes of at least 4 members (excludes halogenated alkanes) is 97. The van der Waals surface area contributed by atoms with E-state index in [1.807, 2.05) is 0 Å². The first kappa shape index (κ1) is 106. The smallest absolute Gasteiger partial charge is 0.313 e. The molecule has 0 rings (SSSR count). The number of rotatable bonds is 101. The zero-order valence-electron chi connectivity index (χ0n) is 74.9. The van der Waals surface area contributed by atoms with Crippen LogP contribution < -0.4 is 0 Å². The van der Waals surface area contributed by atoms with Gasteiger partial charge in [-0.1, -0.05) is 630 Å². The molecule has 107 heavy (non-hydrogen) atoms. The van der Waals surface area contributed by atoms with Crippen LogP contribution in [0.2, 0.25) is 0 Å². The number of ketones is 1. The van der Waals surface area contributed by atoms with E-state index in [0.29, 0.717) is 6.61 Å². The summed E-state index contributed by atoms with van der Waals surface area (Å²) in [5.74, 6) is -0.494. The zero-order chi connectivity index (χ0) is 76.6. The third-order valence-corrected chi connectivity index (χ3v) is 25.2. The molecule has 0 amide bonds. The Morgan fingerprint density at radius 2 is 0.224 bits per heavy atom. The van der Waals surface area contributed by atoms with Gasteiger partial charge in [-0.2, -0.15) is 0 Å². The van der Waals surface area contributed by atoms with Gasteiger partial charge in [-0.15, -0.1) is 0 Å². The van der Waals surface area contributed by atoms with E-state index >= 15 is 0 Å². The van der Waals surface area contributed by atoms with Crippen molar-refractivity contribution in [2.75, 3.05) is 6.61 Å². The number of hydrogen-bond donors (Lipinski definition) is 0. The predicted octanol–water partition coefficient (Wildman–Crippen LogP) is 38.8. The summed E-state index contributed by atoms with van der Waals surface area (Å²) in [6.45, 7) is 4.21. The van der Waals surface area contributed by atoms with Gasteiger partial charge in [0, 0.05) is 0 Å². The van der Waals surface area contributed by atoms with Crippen molar-refractivity contribution in [3.8, 4) is 0 Å². The Bertz CT molecular complexity index is 1550. The fourth-order valence-electron chi connectivity index (χ4n) is 17.6. The van der Waals surface area contributed by atoms with E-state index in [1.165, 1.54) is 623 Å². The summed E-state index contributed by atoms with van der Waals surface area (Å²) in [4.78, 5) is 22.3. The van der Waals surface area contributed by atoms with Gasteiger partial charge < -0.3 is 4.74 Å². The average Bonchev–Trinajstić information content (AvgIpc) is 3.86. The monoisotopic (exact) mass is 1500 g/mol. The Morgan fingerprint density at radius 1 is 0.140 bits per heavy atom.